The van der Waals surface area contributed by atoms with Gasteiger partial charge in [0.2, 0.25) is 0 Å². The van der Waals surface area contributed by atoms with E-state index in [1.54, 1.807) is 11.0 Å². The number of non-ortho nitro benzene ring substituents is 1. The quantitative estimate of drug-likeness (QED) is 0.607. The number of rotatable bonds is 4. The van der Waals surface area contributed by atoms with Gasteiger partial charge in [-0.05, 0) is 24.1 Å². The molecule has 8 heteroatoms. The van der Waals surface area contributed by atoms with E-state index in [1.807, 2.05) is 30.3 Å². The zero-order chi connectivity index (χ0) is 19.1. The van der Waals surface area contributed by atoms with Gasteiger partial charge in [0, 0.05) is 12.0 Å². The molecule has 2 aromatic carbocycles. The normalized spacial score (nSPS) is 23.5. The van der Waals surface area contributed by atoms with Crippen molar-refractivity contribution in [1.29, 1.82) is 0 Å². The van der Waals surface area contributed by atoms with Gasteiger partial charge in [-0.25, -0.2) is 0 Å². The van der Waals surface area contributed by atoms with Crippen LogP contribution in [0.3, 0.4) is 0 Å². The summed E-state index contributed by atoms with van der Waals surface area (Å²) in [4.78, 5) is 35.5. The van der Waals surface area contributed by atoms with Gasteiger partial charge in [0.05, 0.1) is 28.0 Å². The van der Waals surface area contributed by atoms with Gasteiger partial charge in [0.25, 0.3) is 11.4 Å². The Labute approximate surface area is 154 Å². The van der Waals surface area contributed by atoms with Crippen molar-refractivity contribution in [2.75, 3.05) is 4.90 Å². The van der Waals surface area contributed by atoms with Crippen molar-refractivity contribution < 1.29 is 14.6 Å². The number of hydrogen-bond acceptors (Lipinski definition) is 6. The molecular formula is C19H15N3O5. The number of ketones is 1. The third-order valence-corrected chi connectivity index (χ3v) is 5.20. The summed E-state index contributed by atoms with van der Waals surface area (Å²) in [6.45, 7) is 0. The molecule has 2 aliphatic rings. The van der Waals surface area contributed by atoms with Crippen molar-refractivity contribution in [2.24, 2.45) is 0 Å². The standard InChI is InChI=1S/C19H15N3O5/c23-19-9-8-15-14(12-4-2-1-3-5-12)11-18(19)20(15)16-7-6-13(21(24)25)10-17(16)22(26)27/h1-10,14-15,18H,11H2. The topological polar surface area (TPSA) is 107 Å². The average Bonchev–Trinajstić information content (AvgIpc) is 2.96. The summed E-state index contributed by atoms with van der Waals surface area (Å²) >= 11 is 0. The highest BCUT2D eigenvalue weighted by Crippen LogP contribution is 2.46. The van der Waals surface area contributed by atoms with Gasteiger partial charge in [-0.2, -0.15) is 0 Å². The second-order valence-corrected chi connectivity index (χ2v) is 6.62. The molecule has 27 heavy (non-hydrogen) atoms. The highest BCUT2D eigenvalue weighted by atomic mass is 16.6. The molecule has 0 aromatic heterocycles. The van der Waals surface area contributed by atoms with E-state index < -0.39 is 15.9 Å². The van der Waals surface area contributed by atoms with E-state index in [0.717, 1.165) is 11.6 Å². The van der Waals surface area contributed by atoms with Crippen LogP contribution in [0.15, 0.2) is 60.7 Å². The fraction of sp³-hybridized carbons (Fsp3) is 0.211. The van der Waals surface area contributed by atoms with Crippen molar-refractivity contribution in [3.05, 3.63) is 86.5 Å². The monoisotopic (exact) mass is 365 g/mol. The molecule has 0 N–H and O–H groups in total. The number of anilines is 1. The molecule has 0 radical (unpaired) electrons. The van der Waals surface area contributed by atoms with E-state index in [4.69, 9.17) is 0 Å². The zero-order valence-corrected chi connectivity index (χ0v) is 14.1. The van der Waals surface area contributed by atoms with Gasteiger partial charge < -0.3 is 4.90 Å². The van der Waals surface area contributed by atoms with Crippen LogP contribution >= 0.6 is 0 Å². The van der Waals surface area contributed by atoms with E-state index >= 15 is 0 Å². The summed E-state index contributed by atoms with van der Waals surface area (Å²) in [5.41, 5.74) is 0.572. The first-order valence-electron chi connectivity index (χ1n) is 8.45. The Kier molecular flexibility index (Phi) is 3.95. The van der Waals surface area contributed by atoms with Crippen LogP contribution in [0.2, 0.25) is 0 Å². The van der Waals surface area contributed by atoms with Crippen LogP contribution in [0, 0.1) is 20.2 Å². The molecule has 1 saturated heterocycles. The van der Waals surface area contributed by atoms with E-state index in [2.05, 4.69) is 0 Å². The minimum absolute atomic E-state index is 0.00805. The average molecular weight is 365 g/mol. The number of fused-ring (bicyclic) bond motifs is 2. The lowest BCUT2D eigenvalue weighted by atomic mass is 9.91. The molecular weight excluding hydrogens is 350 g/mol. The Morgan fingerprint density at radius 3 is 2.41 bits per heavy atom. The fourth-order valence-electron chi connectivity index (χ4n) is 4.03. The molecule has 1 fully saturated rings. The molecule has 0 amide bonds. The van der Waals surface area contributed by atoms with Gasteiger partial charge in [0.1, 0.15) is 5.69 Å². The molecule has 0 spiro atoms. The first-order chi connectivity index (χ1) is 13.0. The number of hydrogen-bond donors (Lipinski definition) is 0. The summed E-state index contributed by atoms with van der Waals surface area (Å²) in [7, 11) is 0. The predicted molar refractivity (Wildman–Crippen MR) is 97.8 cm³/mol. The Morgan fingerprint density at radius 2 is 1.74 bits per heavy atom. The fourth-order valence-corrected chi connectivity index (χ4v) is 4.03. The van der Waals surface area contributed by atoms with Crippen molar-refractivity contribution in [3.8, 4) is 0 Å². The van der Waals surface area contributed by atoms with Crippen LogP contribution in [0.5, 0.6) is 0 Å². The van der Waals surface area contributed by atoms with Gasteiger partial charge in [-0.15, -0.1) is 0 Å². The minimum atomic E-state index is -0.667. The van der Waals surface area contributed by atoms with E-state index in [0.29, 0.717) is 6.42 Å². The molecule has 2 heterocycles. The van der Waals surface area contributed by atoms with Crippen molar-refractivity contribution >= 4 is 22.8 Å². The lowest BCUT2D eigenvalue weighted by Gasteiger charge is -2.33. The molecule has 136 valence electrons. The smallest absolute Gasteiger partial charge is 0.299 e. The van der Waals surface area contributed by atoms with Crippen LogP contribution in [-0.4, -0.2) is 27.7 Å². The first kappa shape index (κ1) is 16.9. The van der Waals surface area contributed by atoms with Gasteiger partial charge in [-0.3, -0.25) is 25.0 Å². The van der Waals surface area contributed by atoms with Gasteiger partial charge >= 0.3 is 0 Å². The Morgan fingerprint density at radius 1 is 1.00 bits per heavy atom. The third kappa shape index (κ3) is 2.75. The number of carbonyl (C=O) groups excluding carboxylic acids is 1. The second kappa shape index (κ2) is 6.31. The minimum Gasteiger partial charge on any atom is -0.348 e. The van der Waals surface area contributed by atoms with Crippen molar-refractivity contribution in [1.82, 2.24) is 0 Å². The number of nitro groups is 2. The summed E-state index contributed by atoms with van der Waals surface area (Å²) in [5, 5.41) is 22.6. The molecule has 8 nitrogen and oxygen atoms in total. The Bertz CT molecular complexity index is 973. The van der Waals surface area contributed by atoms with Crippen LogP contribution in [0.25, 0.3) is 0 Å². The SMILES string of the molecule is O=C1C=CC2C(c3ccccc3)CC1N2c1ccc([N+](=O)[O-])cc1[N+](=O)[O-]. The third-order valence-electron chi connectivity index (χ3n) is 5.20. The lowest BCUT2D eigenvalue weighted by Crippen LogP contribution is -2.43. The second-order valence-electron chi connectivity index (χ2n) is 6.62. The number of nitro benzene ring substituents is 2. The van der Waals surface area contributed by atoms with Gasteiger partial charge in [0.15, 0.2) is 5.78 Å². The van der Waals surface area contributed by atoms with E-state index in [9.17, 15) is 25.0 Å². The number of nitrogens with zero attached hydrogens (tertiary/aromatic N) is 3. The molecule has 3 atom stereocenters. The van der Waals surface area contributed by atoms with Crippen LogP contribution < -0.4 is 4.90 Å². The van der Waals surface area contributed by atoms with Gasteiger partial charge in [-0.1, -0.05) is 36.4 Å². The van der Waals surface area contributed by atoms with Crippen LogP contribution in [0.1, 0.15) is 17.9 Å². The zero-order valence-electron chi connectivity index (χ0n) is 14.1. The number of carbonyl (C=O) groups is 1. The van der Waals surface area contributed by atoms with Crippen LogP contribution in [0.4, 0.5) is 17.1 Å². The van der Waals surface area contributed by atoms with Crippen molar-refractivity contribution in [2.45, 2.75) is 24.4 Å². The summed E-state index contributed by atoms with van der Waals surface area (Å²) in [6.07, 6.45) is 3.84. The summed E-state index contributed by atoms with van der Waals surface area (Å²) < 4.78 is 0. The number of benzene rings is 2. The molecule has 0 aliphatic carbocycles. The Hall–Kier alpha value is -3.55. The maximum atomic E-state index is 12.5. The summed E-state index contributed by atoms with van der Waals surface area (Å²) in [6, 6.07) is 12.5. The largest absolute Gasteiger partial charge is 0.348 e. The lowest BCUT2D eigenvalue weighted by molar-refractivity contribution is -0.393. The highest BCUT2D eigenvalue weighted by molar-refractivity contribution is 6.00. The molecule has 0 saturated carbocycles. The van der Waals surface area contributed by atoms with E-state index in [-0.39, 0.29) is 34.8 Å². The van der Waals surface area contributed by atoms with Crippen LogP contribution in [-0.2, 0) is 4.79 Å². The molecule has 2 aliphatic heterocycles. The molecule has 3 unspecified atom stereocenters. The highest BCUT2D eigenvalue weighted by Gasteiger charge is 2.47. The predicted octanol–water partition coefficient (Wildman–Crippen LogP) is 3.37. The van der Waals surface area contributed by atoms with Crippen molar-refractivity contribution in [3.63, 3.8) is 0 Å². The maximum Gasteiger partial charge on any atom is 0.299 e. The molecule has 2 bridgehead atoms. The summed E-state index contributed by atoms with van der Waals surface area (Å²) in [5.74, 6) is -0.106. The maximum absolute atomic E-state index is 12.5. The Balaban J connectivity index is 1.82. The molecule has 2 aromatic rings. The van der Waals surface area contributed by atoms with E-state index in [1.165, 1.54) is 18.2 Å². The first-order valence-corrected chi connectivity index (χ1v) is 8.45. The molecule has 4 rings (SSSR count).